The number of aromatic nitrogens is 3. The van der Waals surface area contributed by atoms with Gasteiger partial charge in [0.25, 0.3) is 0 Å². The topological polar surface area (TPSA) is 68.2 Å². The molecule has 4 heterocycles. The maximum absolute atomic E-state index is 12.3. The van der Waals surface area contributed by atoms with Crippen LogP contribution in [0.25, 0.3) is 27.0 Å². The van der Waals surface area contributed by atoms with E-state index in [4.69, 9.17) is 21.3 Å². The summed E-state index contributed by atoms with van der Waals surface area (Å²) in [5, 5.41) is 2.19. The van der Waals surface area contributed by atoms with E-state index in [0.717, 1.165) is 48.7 Å². The monoisotopic (exact) mass is 522 g/mol. The van der Waals surface area contributed by atoms with Crippen molar-refractivity contribution in [2.75, 3.05) is 31.9 Å². The maximum atomic E-state index is 12.3. The van der Waals surface area contributed by atoms with Crippen molar-refractivity contribution in [3.8, 4) is 16.9 Å². The molecule has 9 heteroatoms. The fraction of sp³-hybridized carbons (Fsp3) is 0.192. The van der Waals surface area contributed by atoms with E-state index in [1.807, 2.05) is 36.5 Å². The number of anilines is 1. The lowest BCUT2D eigenvalue weighted by Gasteiger charge is -2.25. The normalized spacial score (nSPS) is 14.1. The molecule has 1 aliphatic heterocycles. The number of pyridine rings is 2. The molecule has 0 saturated heterocycles. The first-order valence-electron chi connectivity index (χ1n) is 11.0. The lowest BCUT2D eigenvalue weighted by Crippen LogP contribution is -2.23. The molecule has 0 fully saturated rings. The summed E-state index contributed by atoms with van der Waals surface area (Å²) in [6, 6.07) is 11.8. The molecule has 0 bridgehead atoms. The van der Waals surface area contributed by atoms with Crippen LogP contribution in [0.2, 0.25) is 5.15 Å². The van der Waals surface area contributed by atoms with Gasteiger partial charge >= 0.3 is 0 Å². The average Bonchev–Trinajstić information content (AvgIpc) is 3.26. The highest BCUT2D eigenvalue weighted by Gasteiger charge is 2.20. The molecule has 178 valence electrons. The third kappa shape index (κ3) is 4.76. The number of fused-ring (bicyclic) bond motifs is 1. The van der Waals surface area contributed by atoms with E-state index in [1.54, 1.807) is 38.0 Å². The Morgan fingerprint density at radius 3 is 2.54 bits per heavy atom. The highest BCUT2D eigenvalue weighted by molar-refractivity contribution is 7.70. The third-order valence-corrected chi connectivity index (χ3v) is 8.70. The Morgan fingerprint density at radius 1 is 1.09 bits per heavy atom. The van der Waals surface area contributed by atoms with Gasteiger partial charge in [0.05, 0.1) is 18.0 Å². The molecule has 0 saturated carbocycles. The van der Waals surface area contributed by atoms with E-state index in [0.29, 0.717) is 17.4 Å². The van der Waals surface area contributed by atoms with E-state index in [1.165, 1.54) is 0 Å². The zero-order chi connectivity index (χ0) is 24.7. The highest BCUT2D eigenvalue weighted by atomic mass is 35.5. The van der Waals surface area contributed by atoms with Crippen molar-refractivity contribution >= 4 is 56.4 Å². The predicted octanol–water partition coefficient (Wildman–Crippen LogP) is 6.47. The molecule has 0 amide bonds. The van der Waals surface area contributed by atoms with Crippen LogP contribution in [0.1, 0.15) is 12.5 Å². The van der Waals surface area contributed by atoms with Gasteiger partial charge in [0.1, 0.15) is 18.0 Å². The van der Waals surface area contributed by atoms with E-state index >= 15 is 0 Å². The van der Waals surface area contributed by atoms with Crippen LogP contribution >= 0.6 is 30.1 Å². The standard InChI is InChI=1S/C26H24ClN4O2PS/c1-16-11-18(21-13-24(27)28-15-22(21)33-2)9-10-31(16)26-30-25-23(35-26)12-19(14-29-25)17-5-7-20(8-6-17)34(3,4)32/h5-9,11-15H,10H2,1-4H3. The third-order valence-electron chi connectivity index (χ3n) is 5.94. The summed E-state index contributed by atoms with van der Waals surface area (Å²) in [7, 11) is -0.646. The van der Waals surface area contributed by atoms with Crippen LogP contribution in [0.15, 0.2) is 66.6 Å². The summed E-state index contributed by atoms with van der Waals surface area (Å²) in [6.07, 6.45) is 7.72. The van der Waals surface area contributed by atoms with E-state index in [2.05, 4.69) is 40.0 Å². The lowest BCUT2D eigenvalue weighted by atomic mass is 10.0. The lowest BCUT2D eigenvalue weighted by molar-refractivity contribution is 0.411. The van der Waals surface area contributed by atoms with Gasteiger partial charge in [-0.1, -0.05) is 53.3 Å². The number of methoxy groups -OCH3 is 1. The molecule has 1 aromatic carbocycles. The summed E-state index contributed by atoms with van der Waals surface area (Å²) < 4.78 is 18.8. The number of rotatable bonds is 5. The Labute approximate surface area is 213 Å². The number of hydrogen-bond acceptors (Lipinski definition) is 7. The molecule has 3 aromatic heterocycles. The Bertz CT molecular complexity index is 1540. The average molecular weight is 523 g/mol. The van der Waals surface area contributed by atoms with E-state index < -0.39 is 7.14 Å². The second-order valence-electron chi connectivity index (χ2n) is 8.70. The first-order valence-corrected chi connectivity index (χ1v) is 14.8. The summed E-state index contributed by atoms with van der Waals surface area (Å²) >= 11 is 7.74. The Morgan fingerprint density at radius 2 is 1.86 bits per heavy atom. The van der Waals surface area contributed by atoms with Gasteiger partial charge in [-0.2, -0.15) is 4.98 Å². The minimum absolute atomic E-state index is 0.427. The molecule has 0 atom stereocenters. The molecule has 0 N–H and O–H groups in total. The number of halogens is 1. The number of ether oxygens (including phenoxy) is 1. The number of nitrogens with zero attached hydrogens (tertiary/aromatic N) is 4. The number of allylic oxidation sites excluding steroid dienone is 3. The Balaban J connectivity index is 1.42. The van der Waals surface area contributed by atoms with Gasteiger partial charge in [-0.3, -0.25) is 0 Å². The Kier molecular flexibility index (Phi) is 6.26. The SMILES string of the molecule is COc1cnc(Cl)cc1C1=CCN(c2nc3ncc(-c4ccc(P(C)(C)=O)cc4)cc3s2)C(C)=C1. The number of thiazole rings is 1. The molecule has 4 aromatic rings. The van der Waals surface area contributed by atoms with Gasteiger partial charge in [-0.15, -0.1) is 0 Å². The molecule has 35 heavy (non-hydrogen) atoms. The minimum Gasteiger partial charge on any atom is -0.494 e. The largest absolute Gasteiger partial charge is 0.494 e. The second-order valence-corrected chi connectivity index (χ2v) is 13.3. The first kappa shape index (κ1) is 23.7. The zero-order valence-electron chi connectivity index (χ0n) is 19.8. The molecule has 1 aliphatic rings. The van der Waals surface area contributed by atoms with Gasteiger partial charge in [-0.25, -0.2) is 9.97 Å². The molecular formula is C26H24ClN4O2PS. The summed E-state index contributed by atoms with van der Waals surface area (Å²) in [6.45, 7) is 6.30. The van der Waals surface area contributed by atoms with Crippen LogP contribution < -0.4 is 14.9 Å². The van der Waals surface area contributed by atoms with Gasteiger partial charge in [-0.05, 0) is 49.6 Å². The van der Waals surface area contributed by atoms with Crippen molar-refractivity contribution in [2.45, 2.75) is 6.92 Å². The summed E-state index contributed by atoms with van der Waals surface area (Å²) in [5.74, 6) is 0.684. The van der Waals surface area contributed by atoms with Gasteiger partial charge in [0.2, 0.25) is 0 Å². The molecule has 0 aliphatic carbocycles. The van der Waals surface area contributed by atoms with Gasteiger partial charge < -0.3 is 14.2 Å². The fourth-order valence-corrected chi connectivity index (χ4v) is 6.07. The van der Waals surface area contributed by atoms with Crippen molar-refractivity contribution in [2.24, 2.45) is 0 Å². The molecule has 6 nitrogen and oxygen atoms in total. The fourth-order valence-electron chi connectivity index (χ4n) is 4.01. The van der Waals surface area contributed by atoms with Gasteiger partial charge in [0.15, 0.2) is 10.8 Å². The zero-order valence-corrected chi connectivity index (χ0v) is 22.3. The summed E-state index contributed by atoms with van der Waals surface area (Å²) in [4.78, 5) is 15.7. The number of hydrogen-bond donors (Lipinski definition) is 0. The maximum Gasteiger partial charge on any atom is 0.192 e. The van der Waals surface area contributed by atoms with Crippen LogP contribution in [0, 0.1) is 0 Å². The van der Waals surface area contributed by atoms with Crippen LogP contribution in [-0.4, -0.2) is 41.9 Å². The van der Waals surface area contributed by atoms with Crippen LogP contribution in [0.4, 0.5) is 5.13 Å². The van der Waals surface area contributed by atoms with Crippen molar-refractivity contribution in [1.29, 1.82) is 0 Å². The second kappa shape index (κ2) is 9.23. The Hall–Kier alpha value is -2.99. The van der Waals surface area contributed by atoms with Crippen molar-refractivity contribution in [3.63, 3.8) is 0 Å². The van der Waals surface area contributed by atoms with E-state index in [-0.39, 0.29) is 0 Å². The van der Waals surface area contributed by atoms with Crippen molar-refractivity contribution < 1.29 is 9.30 Å². The first-order chi connectivity index (χ1) is 16.7. The number of benzene rings is 1. The molecular weight excluding hydrogens is 499 g/mol. The smallest absolute Gasteiger partial charge is 0.192 e. The quantitative estimate of drug-likeness (QED) is 0.221. The summed E-state index contributed by atoms with van der Waals surface area (Å²) in [5.41, 5.74) is 5.79. The van der Waals surface area contributed by atoms with Crippen molar-refractivity contribution in [1.82, 2.24) is 15.0 Å². The highest BCUT2D eigenvalue weighted by Crippen LogP contribution is 2.37. The van der Waals surface area contributed by atoms with Crippen LogP contribution in [0.3, 0.4) is 0 Å². The predicted molar refractivity (Wildman–Crippen MR) is 147 cm³/mol. The van der Waals surface area contributed by atoms with Crippen LogP contribution in [-0.2, 0) is 4.57 Å². The molecule has 0 unspecified atom stereocenters. The minimum atomic E-state index is -2.27. The molecule has 5 rings (SSSR count). The molecule has 0 radical (unpaired) electrons. The van der Waals surface area contributed by atoms with Crippen molar-refractivity contribution in [3.05, 3.63) is 77.4 Å². The molecule has 0 spiro atoms. The van der Waals surface area contributed by atoms with E-state index in [9.17, 15) is 4.57 Å². The van der Waals surface area contributed by atoms with Crippen LogP contribution in [0.5, 0.6) is 5.75 Å². The van der Waals surface area contributed by atoms with Gasteiger partial charge in [0, 0.05) is 34.9 Å².